The van der Waals surface area contributed by atoms with Gasteiger partial charge in [-0.3, -0.25) is 0 Å². The molecule has 0 bridgehead atoms. The highest BCUT2D eigenvalue weighted by Crippen LogP contribution is 2.40. The second-order valence-corrected chi connectivity index (χ2v) is 7.11. The molecule has 3 rings (SSSR count). The van der Waals surface area contributed by atoms with Gasteiger partial charge in [-0.25, -0.2) is 4.98 Å². The van der Waals surface area contributed by atoms with E-state index in [1.54, 1.807) is 0 Å². The summed E-state index contributed by atoms with van der Waals surface area (Å²) >= 11 is 18.6. The standard InChI is InChI=1S/C15H17Cl3N2/c1-8(16)15-19-13-6-11(17)12(18)7-14(13)20(15)9(2)10-4-3-5-10/h6-10H,3-5H2,1-2H3. The van der Waals surface area contributed by atoms with Gasteiger partial charge in [0, 0.05) is 6.04 Å². The fourth-order valence-corrected chi connectivity index (χ4v) is 3.42. The minimum absolute atomic E-state index is 0.137. The second kappa shape index (κ2) is 5.40. The van der Waals surface area contributed by atoms with E-state index in [1.807, 2.05) is 19.1 Å². The molecule has 1 aliphatic carbocycles. The molecule has 1 heterocycles. The van der Waals surface area contributed by atoms with Gasteiger partial charge in [-0.15, -0.1) is 11.6 Å². The van der Waals surface area contributed by atoms with E-state index in [9.17, 15) is 0 Å². The molecule has 1 saturated carbocycles. The van der Waals surface area contributed by atoms with Crippen molar-refractivity contribution in [2.75, 3.05) is 0 Å². The van der Waals surface area contributed by atoms with Crippen LogP contribution in [0.2, 0.25) is 10.0 Å². The summed E-state index contributed by atoms with van der Waals surface area (Å²) in [4.78, 5) is 4.66. The van der Waals surface area contributed by atoms with Gasteiger partial charge in [-0.05, 0) is 44.7 Å². The fourth-order valence-electron chi connectivity index (χ4n) is 2.95. The predicted molar refractivity (Wildman–Crippen MR) is 86.1 cm³/mol. The Balaban J connectivity index is 2.20. The summed E-state index contributed by atoms with van der Waals surface area (Å²) in [5, 5.41) is 0.964. The number of rotatable bonds is 3. The van der Waals surface area contributed by atoms with E-state index in [0.29, 0.717) is 22.0 Å². The number of hydrogen-bond donors (Lipinski definition) is 0. The van der Waals surface area contributed by atoms with E-state index in [1.165, 1.54) is 19.3 Å². The molecule has 1 fully saturated rings. The van der Waals surface area contributed by atoms with E-state index in [4.69, 9.17) is 34.8 Å². The zero-order chi connectivity index (χ0) is 14.4. The van der Waals surface area contributed by atoms with Crippen molar-refractivity contribution in [2.45, 2.75) is 44.5 Å². The molecular formula is C15H17Cl3N2. The molecule has 0 radical (unpaired) electrons. The van der Waals surface area contributed by atoms with Gasteiger partial charge >= 0.3 is 0 Å². The van der Waals surface area contributed by atoms with E-state index < -0.39 is 0 Å². The molecule has 0 spiro atoms. The first-order chi connectivity index (χ1) is 9.49. The van der Waals surface area contributed by atoms with Crippen LogP contribution in [0.1, 0.15) is 50.4 Å². The molecule has 0 N–H and O–H groups in total. The molecule has 0 saturated heterocycles. The Labute approximate surface area is 134 Å². The lowest BCUT2D eigenvalue weighted by Crippen LogP contribution is -2.24. The van der Waals surface area contributed by atoms with Crippen molar-refractivity contribution in [2.24, 2.45) is 5.92 Å². The fraction of sp³-hybridized carbons (Fsp3) is 0.533. The molecule has 0 aliphatic heterocycles. The minimum atomic E-state index is -0.137. The average Bonchev–Trinajstić information content (AvgIpc) is 2.66. The Hall–Kier alpha value is -0.440. The molecule has 2 aromatic rings. The second-order valence-electron chi connectivity index (χ2n) is 5.64. The summed E-state index contributed by atoms with van der Waals surface area (Å²) in [5.74, 6) is 1.61. The summed E-state index contributed by atoms with van der Waals surface area (Å²) in [6.07, 6.45) is 3.87. The Kier molecular flexibility index (Phi) is 3.91. The van der Waals surface area contributed by atoms with Crippen molar-refractivity contribution in [3.05, 3.63) is 28.0 Å². The van der Waals surface area contributed by atoms with Crippen molar-refractivity contribution >= 4 is 45.8 Å². The number of alkyl halides is 1. The van der Waals surface area contributed by atoms with E-state index >= 15 is 0 Å². The molecular weight excluding hydrogens is 315 g/mol. The molecule has 2 unspecified atom stereocenters. The van der Waals surface area contributed by atoms with Gasteiger partial charge < -0.3 is 4.57 Å². The lowest BCUT2D eigenvalue weighted by molar-refractivity contribution is 0.223. The number of nitrogens with zero attached hydrogens (tertiary/aromatic N) is 2. The minimum Gasteiger partial charge on any atom is -0.324 e. The smallest absolute Gasteiger partial charge is 0.127 e. The van der Waals surface area contributed by atoms with Gasteiger partial charge in [0.1, 0.15) is 5.82 Å². The molecule has 0 amide bonds. The van der Waals surface area contributed by atoms with Crippen LogP contribution >= 0.6 is 34.8 Å². The van der Waals surface area contributed by atoms with E-state index in [0.717, 1.165) is 16.9 Å². The third-order valence-electron chi connectivity index (χ3n) is 4.35. The van der Waals surface area contributed by atoms with Gasteiger partial charge in [0.2, 0.25) is 0 Å². The monoisotopic (exact) mass is 330 g/mol. The van der Waals surface area contributed by atoms with Crippen LogP contribution < -0.4 is 0 Å². The van der Waals surface area contributed by atoms with Gasteiger partial charge in [0.15, 0.2) is 0 Å². The van der Waals surface area contributed by atoms with E-state index in [2.05, 4.69) is 16.5 Å². The topological polar surface area (TPSA) is 17.8 Å². The normalized spacial score (nSPS) is 19.1. The van der Waals surface area contributed by atoms with E-state index in [-0.39, 0.29) is 5.38 Å². The van der Waals surface area contributed by atoms with Crippen molar-refractivity contribution in [3.63, 3.8) is 0 Å². The summed E-state index contributed by atoms with van der Waals surface area (Å²) in [6.45, 7) is 4.20. The molecule has 2 nitrogen and oxygen atoms in total. The number of benzene rings is 1. The number of imidazole rings is 1. The first kappa shape index (κ1) is 14.5. The van der Waals surface area contributed by atoms with Gasteiger partial charge in [-0.1, -0.05) is 29.6 Å². The van der Waals surface area contributed by atoms with Crippen LogP contribution in [0.4, 0.5) is 0 Å². The van der Waals surface area contributed by atoms with Crippen LogP contribution in [0, 0.1) is 5.92 Å². The maximum atomic E-state index is 6.32. The molecule has 1 aromatic carbocycles. The van der Waals surface area contributed by atoms with Crippen LogP contribution in [0.5, 0.6) is 0 Å². The molecule has 1 aromatic heterocycles. The summed E-state index contributed by atoms with van der Waals surface area (Å²) in [5.41, 5.74) is 1.90. The van der Waals surface area contributed by atoms with Gasteiger partial charge in [-0.2, -0.15) is 0 Å². The SMILES string of the molecule is CC(Cl)c1nc2cc(Cl)c(Cl)cc2n1C(C)C1CCC1. The lowest BCUT2D eigenvalue weighted by Gasteiger charge is -2.33. The first-order valence-corrected chi connectivity index (χ1v) is 8.19. The zero-order valence-corrected chi connectivity index (χ0v) is 13.8. The Bertz CT molecular complexity index is 644. The molecule has 108 valence electrons. The molecule has 1 aliphatic rings. The third kappa shape index (κ3) is 2.32. The highest BCUT2D eigenvalue weighted by Gasteiger charge is 2.29. The Morgan fingerprint density at radius 3 is 2.40 bits per heavy atom. The van der Waals surface area contributed by atoms with Crippen molar-refractivity contribution < 1.29 is 0 Å². The largest absolute Gasteiger partial charge is 0.324 e. The zero-order valence-electron chi connectivity index (χ0n) is 11.5. The van der Waals surface area contributed by atoms with Crippen LogP contribution in [0.3, 0.4) is 0 Å². The van der Waals surface area contributed by atoms with Gasteiger partial charge in [0.05, 0.1) is 26.5 Å². The van der Waals surface area contributed by atoms with Crippen LogP contribution in [0.15, 0.2) is 12.1 Å². The van der Waals surface area contributed by atoms with Gasteiger partial charge in [0.25, 0.3) is 0 Å². The van der Waals surface area contributed by atoms with Crippen LogP contribution in [0.25, 0.3) is 11.0 Å². The number of halogens is 3. The van der Waals surface area contributed by atoms with Crippen molar-refractivity contribution in [1.29, 1.82) is 0 Å². The first-order valence-electron chi connectivity index (χ1n) is 7.00. The van der Waals surface area contributed by atoms with Crippen molar-refractivity contribution in [1.82, 2.24) is 9.55 Å². The third-order valence-corrected chi connectivity index (χ3v) is 5.27. The Morgan fingerprint density at radius 1 is 1.20 bits per heavy atom. The molecule has 2 atom stereocenters. The Morgan fingerprint density at radius 2 is 1.85 bits per heavy atom. The average molecular weight is 332 g/mol. The quantitative estimate of drug-likeness (QED) is 0.630. The predicted octanol–water partition coefficient (Wildman–Crippen LogP) is 6.00. The highest BCUT2D eigenvalue weighted by molar-refractivity contribution is 6.42. The summed E-state index contributed by atoms with van der Waals surface area (Å²) < 4.78 is 2.25. The number of aromatic nitrogens is 2. The lowest BCUT2D eigenvalue weighted by atomic mass is 9.80. The number of fused-ring (bicyclic) bond motifs is 1. The van der Waals surface area contributed by atoms with Crippen LogP contribution in [-0.2, 0) is 0 Å². The summed E-state index contributed by atoms with van der Waals surface area (Å²) in [6, 6.07) is 4.12. The molecule has 20 heavy (non-hydrogen) atoms. The maximum absolute atomic E-state index is 6.32. The molecule has 5 heteroatoms. The van der Waals surface area contributed by atoms with Crippen molar-refractivity contribution in [3.8, 4) is 0 Å². The maximum Gasteiger partial charge on any atom is 0.127 e. The summed E-state index contributed by atoms with van der Waals surface area (Å²) in [7, 11) is 0. The van der Waals surface area contributed by atoms with Crippen LogP contribution in [-0.4, -0.2) is 9.55 Å². The highest BCUT2D eigenvalue weighted by atomic mass is 35.5. The number of hydrogen-bond acceptors (Lipinski definition) is 1.